The second-order valence-corrected chi connectivity index (χ2v) is 9.64. The number of rotatable bonds is 1. The third-order valence-corrected chi connectivity index (χ3v) is 7.93. The van der Waals surface area contributed by atoms with E-state index < -0.39 is 11.2 Å². The second-order valence-electron chi connectivity index (χ2n) is 9.64. The fourth-order valence-electron chi connectivity index (χ4n) is 5.19. The van der Waals surface area contributed by atoms with Gasteiger partial charge in [-0.25, -0.2) is 0 Å². The van der Waals surface area contributed by atoms with E-state index in [2.05, 4.69) is 47.6 Å². The molecule has 2 aliphatic heterocycles. The van der Waals surface area contributed by atoms with Crippen molar-refractivity contribution in [3.05, 3.63) is 50.6 Å². The maximum atomic E-state index is 10.5. The van der Waals surface area contributed by atoms with Gasteiger partial charge in [-0.2, -0.15) is 0 Å². The lowest BCUT2D eigenvalue weighted by Crippen LogP contribution is -2.60. The van der Waals surface area contributed by atoms with E-state index in [9.17, 15) is 5.11 Å². The number of phenols is 1. The summed E-state index contributed by atoms with van der Waals surface area (Å²) in [6.45, 7) is 17.0. The smallest absolute Gasteiger partial charge is 0.146 e. The molecule has 0 spiro atoms. The molecule has 2 aliphatic rings. The van der Waals surface area contributed by atoms with Crippen LogP contribution >= 0.6 is 0 Å². The number of ether oxygens (including phenoxy) is 2. The fraction of sp³-hybridized carbons (Fsp3) is 0.538. The van der Waals surface area contributed by atoms with E-state index in [4.69, 9.17) is 9.47 Å². The molecule has 0 radical (unpaired) electrons. The summed E-state index contributed by atoms with van der Waals surface area (Å²) in [7, 11) is 0. The Labute approximate surface area is 175 Å². The number of hydrogen-bond acceptors (Lipinski definition) is 3. The van der Waals surface area contributed by atoms with Crippen LogP contribution in [0.15, 0.2) is 6.07 Å². The van der Waals surface area contributed by atoms with Crippen LogP contribution in [-0.4, -0.2) is 16.3 Å². The van der Waals surface area contributed by atoms with Crippen LogP contribution in [0.2, 0.25) is 0 Å². The van der Waals surface area contributed by atoms with E-state index in [1.54, 1.807) is 0 Å². The minimum atomic E-state index is -0.428. The lowest BCUT2D eigenvalue weighted by Gasteiger charge is -2.51. The maximum Gasteiger partial charge on any atom is 0.146 e. The highest BCUT2D eigenvalue weighted by Gasteiger charge is 2.53. The third-order valence-electron chi connectivity index (χ3n) is 7.93. The third kappa shape index (κ3) is 2.77. The van der Waals surface area contributed by atoms with Crippen LogP contribution in [0.1, 0.15) is 71.2 Å². The molecule has 0 amide bonds. The van der Waals surface area contributed by atoms with Gasteiger partial charge in [-0.05, 0) is 120 Å². The first-order chi connectivity index (χ1) is 13.5. The van der Waals surface area contributed by atoms with Crippen molar-refractivity contribution < 1.29 is 14.6 Å². The minimum Gasteiger partial charge on any atom is -0.507 e. The Kier molecular flexibility index (Phi) is 4.45. The second kappa shape index (κ2) is 6.42. The molecule has 0 aliphatic carbocycles. The summed E-state index contributed by atoms with van der Waals surface area (Å²) in [5.41, 5.74) is 8.40. The van der Waals surface area contributed by atoms with Crippen molar-refractivity contribution in [1.82, 2.24) is 0 Å². The molecular formula is C26H34O3. The van der Waals surface area contributed by atoms with Crippen molar-refractivity contribution in [1.29, 1.82) is 0 Å². The normalized spacial score (nSPS) is 25.7. The van der Waals surface area contributed by atoms with Gasteiger partial charge in [-0.1, -0.05) is 6.07 Å². The zero-order valence-corrected chi connectivity index (χ0v) is 19.2. The van der Waals surface area contributed by atoms with E-state index in [-0.39, 0.29) is 0 Å². The Bertz CT molecular complexity index is 1020. The van der Waals surface area contributed by atoms with Gasteiger partial charge in [0.25, 0.3) is 0 Å². The fourth-order valence-corrected chi connectivity index (χ4v) is 5.19. The lowest BCUT2D eigenvalue weighted by atomic mass is 9.73. The Morgan fingerprint density at radius 3 is 1.79 bits per heavy atom. The van der Waals surface area contributed by atoms with Gasteiger partial charge < -0.3 is 14.6 Å². The predicted octanol–water partition coefficient (Wildman–Crippen LogP) is 6.11. The molecule has 29 heavy (non-hydrogen) atoms. The number of fused-ring (bicyclic) bond motifs is 2. The maximum absolute atomic E-state index is 10.5. The Morgan fingerprint density at radius 2 is 1.21 bits per heavy atom. The van der Waals surface area contributed by atoms with Gasteiger partial charge >= 0.3 is 0 Å². The Balaban J connectivity index is 1.77. The van der Waals surface area contributed by atoms with Crippen LogP contribution in [0.25, 0.3) is 0 Å². The highest BCUT2D eigenvalue weighted by molar-refractivity contribution is 5.59. The number of hydrogen-bond donors (Lipinski definition) is 1. The first-order valence-corrected chi connectivity index (χ1v) is 10.8. The first kappa shape index (κ1) is 20.1. The van der Waals surface area contributed by atoms with E-state index >= 15 is 0 Å². The van der Waals surface area contributed by atoms with Crippen LogP contribution in [0.5, 0.6) is 17.2 Å². The highest BCUT2D eigenvalue weighted by atomic mass is 16.6. The molecule has 156 valence electrons. The molecule has 3 heteroatoms. The van der Waals surface area contributed by atoms with Crippen molar-refractivity contribution >= 4 is 0 Å². The van der Waals surface area contributed by atoms with Crippen molar-refractivity contribution in [2.75, 3.05) is 0 Å². The average molecular weight is 395 g/mol. The molecule has 0 saturated carbocycles. The van der Waals surface area contributed by atoms with Crippen LogP contribution in [0.3, 0.4) is 0 Å². The quantitative estimate of drug-likeness (QED) is 0.634. The summed E-state index contributed by atoms with van der Waals surface area (Å²) < 4.78 is 13.6. The zero-order valence-electron chi connectivity index (χ0n) is 19.2. The topological polar surface area (TPSA) is 38.7 Å². The average Bonchev–Trinajstić information content (AvgIpc) is 2.68. The standard InChI is InChI=1S/C26H34O3/c1-14-13-15(2)20-9-11-25(7,28-23(20)16(14)3)26(8)12-10-21-19(6)22(27)17(4)18(5)24(21)29-26/h13,27H,9-12H2,1-8H3. The summed E-state index contributed by atoms with van der Waals surface area (Å²) in [6, 6.07) is 2.27. The van der Waals surface area contributed by atoms with Gasteiger partial charge in [0.1, 0.15) is 28.5 Å². The van der Waals surface area contributed by atoms with Gasteiger partial charge in [-0.3, -0.25) is 0 Å². The van der Waals surface area contributed by atoms with Gasteiger partial charge in [0.15, 0.2) is 0 Å². The summed E-state index contributed by atoms with van der Waals surface area (Å²) >= 11 is 0. The van der Waals surface area contributed by atoms with E-state index in [1.165, 1.54) is 22.3 Å². The molecule has 0 bridgehead atoms. The molecule has 4 rings (SSSR count). The summed E-state index contributed by atoms with van der Waals surface area (Å²) in [5.74, 6) is 2.41. The Morgan fingerprint density at radius 1 is 0.690 bits per heavy atom. The van der Waals surface area contributed by atoms with E-state index in [0.29, 0.717) is 5.75 Å². The van der Waals surface area contributed by atoms with Gasteiger partial charge in [-0.15, -0.1) is 0 Å². The number of phenolic OH excluding ortho intramolecular Hbond substituents is 1. The van der Waals surface area contributed by atoms with Gasteiger partial charge in [0.2, 0.25) is 0 Å². The molecule has 1 N–H and O–H groups in total. The van der Waals surface area contributed by atoms with Gasteiger partial charge in [0.05, 0.1) is 0 Å². The van der Waals surface area contributed by atoms with Crippen molar-refractivity contribution in [3.63, 3.8) is 0 Å². The molecule has 0 fully saturated rings. The molecular weight excluding hydrogens is 360 g/mol. The minimum absolute atomic E-state index is 0.407. The molecule has 2 aromatic carbocycles. The summed E-state index contributed by atoms with van der Waals surface area (Å²) in [4.78, 5) is 0. The predicted molar refractivity (Wildman–Crippen MR) is 118 cm³/mol. The number of aryl methyl sites for hydroxylation is 2. The van der Waals surface area contributed by atoms with Crippen molar-refractivity contribution in [3.8, 4) is 17.2 Å². The lowest BCUT2D eigenvalue weighted by molar-refractivity contribution is -0.117. The number of benzene rings is 2. The van der Waals surface area contributed by atoms with Crippen molar-refractivity contribution in [2.45, 2.75) is 92.3 Å². The molecule has 2 heterocycles. The van der Waals surface area contributed by atoms with E-state index in [1.807, 2.05) is 13.8 Å². The molecule has 0 saturated heterocycles. The van der Waals surface area contributed by atoms with Crippen LogP contribution in [0, 0.1) is 41.5 Å². The summed E-state index contributed by atoms with van der Waals surface area (Å²) in [5, 5.41) is 10.5. The monoisotopic (exact) mass is 394 g/mol. The van der Waals surface area contributed by atoms with Crippen LogP contribution in [-0.2, 0) is 12.8 Å². The zero-order chi connectivity index (χ0) is 21.3. The molecule has 2 atom stereocenters. The SMILES string of the molecule is Cc1cc(C)c2c(c1C)OC(C)(C1(C)CCc3c(C)c(O)c(C)c(C)c3O1)CC2. The Hall–Kier alpha value is -2.16. The van der Waals surface area contributed by atoms with Crippen LogP contribution in [0.4, 0.5) is 0 Å². The summed E-state index contributed by atoms with van der Waals surface area (Å²) in [6.07, 6.45) is 3.71. The van der Waals surface area contributed by atoms with Crippen molar-refractivity contribution in [2.24, 2.45) is 0 Å². The van der Waals surface area contributed by atoms with E-state index in [0.717, 1.165) is 59.4 Å². The molecule has 3 nitrogen and oxygen atoms in total. The molecule has 0 aromatic heterocycles. The van der Waals surface area contributed by atoms with Crippen LogP contribution < -0.4 is 9.47 Å². The molecule has 2 aromatic rings. The number of aromatic hydroxyl groups is 1. The highest BCUT2D eigenvalue weighted by Crippen LogP contribution is 2.50. The largest absolute Gasteiger partial charge is 0.507 e. The van der Waals surface area contributed by atoms with Gasteiger partial charge in [0, 0.05) is 5.56 Å². The molecule has 2 unspecified atom stereocenters. The first-order valence-electron chi connectivity index (χ1n) is 10.8.